The topological polar surface area (TPSA) is 109 Å². The lowest BCUT2D eigenvalue weighted by molar-refractivity contribution is -0.135. The van der Waals surface area contributed by atoms with Crippen LogP contribution in [0, 0.1) is 17.1 Å². The van der Waals surface area contributed by atoms with Gasteiger partial charge in [0.25, 0.3) is 5.91 Å². The van der Waals surface area contributed by atoms with Gasteiger partial charge in [-0.1, -0.05) is 12.1 Å². The van der Waals surface area contributed by atoms with Gasteiger partial charge in [-0.2, -0.15) is 5.26 Å². The Morgan fingerprint density at radius 2 is 1.78 bits per heavy atom. The van der Waals surface area contributed by atoms with E-state index in [-0.39, 0.29) is 24.2 Å². The number of amides is 2. The van der Waals surface area contributed by atoms with Crippen LogP contribution in [0.3, 0.4) is 0 Å². The van der Waals surface area contributed by atoms with Crippen molar-refractivity contribution in [2.75, 3.05) is 45.9 Å². The van der Waals surface area contributed by atoms with E-state index in [1.54, 1.807) is 29.2 Å². The molecular weight excluding hydrogens is 473 g/mol. The maximum Gasteiger partial charge on any atom is 0.251 e. The second kappa shape index (κ2) is 12.8. The summed E-state index contributed by atoms with van der Waals surface area (Å²) in [6, 6.07) is 14.7. The van der Waals surface area contributed by atoms with Crippen LogP contribution < -0.4 is 10.6 Å². The fraction of sp³-hybridized carbons (Fsp3) is 0.464. The van der Waals surface area contributed by atoms with Crippen LogP contribution in [-0.2, 0) is 4.79 Å². The zero-order valence-corrected chi connectivity index (χ0v) is 20.9. The van der Waals surface area contributed by atoms with Crippen LogP contribution in [0.4, 0.5) is 4.39 Å². The highest BCUT2D eigenvalue weighted by Crippen LogP contribution is 2.40. The molecule has 1 saturated heterocycles. The van der Waals surface area contributed by atoms with Crippen LogP contribution in [0.5, 0.6) is 0 Å². The number of piperazine rings is 1. The Balaban J connectivity index is 1.31. The Bertz CT molecular complexity index is 1090. The number of rotatable bonds is 11. The van der Waals surface area contributed by atoms with Crippen molar-refractivity contribution in [3.8, 4) is 6.07 Å². The summed E-state index contributed by atoms with van der Waals surface area (Å²) in [5.41, 5.74) is 2.00. The molecule has 0 bridgehead atoms. The van der Waals surface area contributed by atoms with Gasteiger partial charge < -0.3 is 20.6 Å². The van der Waals surface area contributed by atoms with E-state index in [1.807, 2.05) is 18.2 Å². The van der Waals surface area contributed by atoms with Gasteiger partial charge in [-0.05, 0) is 67.8 Å². The van der Waals surface area contributed by atoms with Crippen molar-refractivity contribution in [2.24, 2.45) is 0 Å². The minimum Gasteiger partial charge on any atom is -0.395 e. The zero-order chi connectivity index (χ0) is 26.2. The molecule has 2 aromatic rings. The number of nitrogens with zero attached hydrogens (tertiary/aromatic N) is 3. The van der Waals surface area contributed by atoms with Crippen molar-refractivity contribution in [3.05, 3.63) is 71.0 Å². The van der Waals surface area contributed by atoms with E-state index in [4.69, 9.17) is 10.4 Å². The number of hydrogen-bond acceptors (Lipinski definition) is 6. The van der Waals surface area contributed by atoms with Gasteiger partial charge in [0.1, 0.15) is 11.9 Å². The maximum absolute atomic E-state index is 13.4. The van der Waals surface area contributed by atoms with Crippen molar-refractivity contribution >= 4 is 11.8 Å². The molecule has 1 saturated carbocycles. The molecule has 0 radical (unpaired) electrons. The molecule has 2 amide bonds. The summed E-state index contributed by atoms with van der Waals surface area (Å²) < 4.78 is 13.2. The van der Waals surface area contributed by atoms with E-state index < -0.39 is 6.04 Å². The Morgan fingerprint density at radius 1 is 1.08 bits per heavy atom. The lowest BCUT2D eigenvalue weighted by Crippen LogP contribution is -2.55. The number of hydrogen-bond donors (Lipinski definition) is 3. The monoisotopic (exact) mass is 507 g/mol. The molecule has 3 N–H and O–H groups in total. The van der Waals surface area contributed by atoms with Gasteiger partial charge in [-0.15, -0.1) is 0 Å². The van der Waals surface area contributed by atoms with Crippen LogP contribution in [-0.4, -0.2) is 84.7 Å². The first-order chi connectivity index (χ1) is 18.0. The van der Waals surface area contributed by atoms with E-state index in [0.717, 1.165) is 12.0 Å². The maximum atomic E-state index is 13.4. The van der Waals surface area contributed by atoms with Gasteiger partial charge in [0.2, 0.25) is 5.91 Å². The molecule has 0 unspecified atom stereocenters. The molecule has 1 heterocycles. The van der Waals surface area contributed by atoms with Crippen LogP contribution in [0.25, 0.3) is 0 Å². The third kappa shape index (κ3) is 7.35. The fourth-order valence-electron chi connectivity index (χ4n) is 4.84. The van der Waals surface area contributed by atoms with Gasteiger partial charge in [0, 0.05) is 50.2 Å². The van der Waals surface area contributed by atoms with Crippen molar-refractivity contribution in [3.63, 3.8) is 0 Å². The third-order valence-corrected chi connectivity index (χ3v) is 7.14. The van der Waals surface area contributed by atoms with Gasteiger partial charge >= 0.3 is 0 Å². The summed E-state index contributed by atoms with van der Waals surface area (Å²) in [5, 5.41) is 24.6. The number of carbonyl (C=O) groups is 2. The quantitative estimate of drug-likeness (QED) is 0.401. The summed E-state index contributed by atoms with van der Waals surface area (Å²) >= 11 is 0. The number of benzene rings is 2. The SMILES string of the molecule is N#Cc1ccc(C(=O)N[C@@H](CCCN[C@@H]2C[C@H]2c2ccc(F)cc2)C(=O)N2CCN(CCO)CC2)cc1. The number of carbonyl (C=O) groups excluding carboxylic acids is 2. The van der Waals surface area contributed by atoms with E-state index in [2.05, 4.69) is 15.5 Å². The van der Waals surface area contributed by atoms with Gasteiger partial charge in [-0.25, -0.2) is 4.39 Å². The largest absolute Gasteiger partial charge is 0.395 e. The Morgan fingerprint density at radius 3 is 2.43 bits per heavy atom. The number of halogens is 1. The number of nitriles is 1. The summed E-state index contributed by atoms with van der Waals surface area (Å²) in [6.45, 7) is 3.89. The average molecular weight is 508 g/mol. The molecule has 2 aromatic carbocycles. The van der Waals surface area contributed by atoms with Crippen molar-refractivity contribution in [2.45, 2.75) is 37.3 Å². The molecule has 0 aromatic heterocycles. The summed E-state index contributed by atoms with van der Waals surface area (Å²) in [6.07, 6.45) is 2.21. The molecule has 8 nitrogen and oxygen atoms in total. The summed E-state index contributed by atoms with van der Waals surface area (Å²) in [5.74, 6) is -0.290. The zero-order valence-electron chi connectivity index (χ0n) is 20.9. The molecule has 196 valence electrons. The predicted octanol–water partition coefficient (Wildman–Crippen LogP) is 1.86. The lowest BCUT2D eigenvalue weighted by atomic mass is 10.1. The molecule has 9 heteroatoms. The third-order valence-electron chi connectivity index (χ3n) is 7.14. The van der Waals surface area contributed by atoms with Crippen molar-refractivity contribution in [1.29, 1.82) is 5.26 Å². The standard InChI is InChI=1S/C28H34FN5O3/c29-23-9-7-21(8-10-23)24-18-26(24)31-11-1-2-25(28(37)34-14-12-33(13-15-34)16-17-35)32-27(36)22-5-3-20(19-30)4-6-22/h3-10,24-26,31,35H,1-2,11-18H2,(H,32,36)/t24-,25-,26+/m0/s1. The average Bonchev–Trinajstić information content (AvgIpc) is 3.70. The highest BCUT2D eigenvalue weighted by atomic mass is 19.1. The Labute approximate surface area is 217 Å². The Hall–Kier alpha value is -3.32. The van der Waals surface area contributed by atoms with Crippen LogP contribution in [0.15, 0.2) is 48.5 Å². The second-order valence-corrected chi connectivity index (χ2v) is 9.70. The highest BCUT2D eigenvalue weighted by Gasteiger charge is 2.37. The first-order valence-electron chi connectivity index (χ1n) is 12.9. The summed E-state index contributed by atoms with van der Waals surface area (Å²) in [7, 11) is 0. The molecule has 0 spiro atoms. The smallest absolute Gasteiger partial charge is 0.251 e. The number of aliphatic hydroxyl groups is 1. The highest BCUT2D eigenvalue weighted by molar-refractivity contribution is 5.97. The normalized spacial score (nSPS) is 20.2. The van der Waals surface area contributed by atoms with E-state index in [0.29, 0.717) is 75.2 Å². The number of nitrogens with one attached hydrogen (secondary N) is 2. The molecule has 37 heavy (non-hydrogen) atoms. The lowest BCUT2D eigenvalue weighted by Gasteiger charge is -2.36. The molecule has 1 aliphatic heterocycles. The predicted molar refractivity (Wildman–Crippen MR) is 137 cm³/mol. The minimum absolute atomic E-state index is 0.0905. The molecular formula is C28H34FN5O3. The van der Waals surface area contributed by atoms with Crippen LogP contribution in [0.1, 0.15) is 46.7 Å². The van der Waals surface area contributed by atoms with Gasteiger partial charge in [0.15, 0.2) is 0 Å². The molecule has 1 aliphatic carbocycles. The van der Waals surface area contributed by atoms with Crippen LogP contribution >= 0.6 is 0 Å². The van der Waals surface area contributed by atoms with E-state index in [9.17, 15) is 14.0 Å². The number of aliphatic hydroxyl groups excluding tert-OH is 1. The Kier molecular flexibility index (Phi) is 9.23. The molecule has 3 atom stereocenters. The van der Waals surface area contributed by atoms with Crippen LogP contribution in [0.2, 0.25) is 0 Å². The van der Waals surface area contributed by atoms with E-state index in [1.165, 1.54) is 12.1 Å². The first-order valence-corrected chi connectivity index (χ1v) is 12.9. The first kappa shape index (κ1) is 26.7. The molecule has 4 rings (SSSR count). The molecule has 2 aliphatic rings. The second-order valence-electron chi connectivity index (χ2n) is 9.70. The van der Waals surface area contributed by atoms with Crippen molar-refractivity contribution in [1.82, 2.24) is 20.4 Å². The summed E-state index contributed by atoms with van der Waals surface area (Å²) in [4.78, 5) is 30.2. The van der Waals surface area contributed by atoms with Gasteiger partial charge in [0.05, 0.1) is 18.2 Å². The van der Waals surface area contributed by atoms with Crippen molar-refractivity contribution < 1.29 is 19.1 Å². The number of β-amino-alcohol motifs (C(OH)–C–C–N with tert-alkyl or cyclic N) is 1. The van der Waals surface area contributed by atoms with E-state index >= 15 is 0 Å². The fourth-order valence-corrected chi connectivity index (χ4v) is 4.84. The minimum atomic E-state index is -0.651. The van der Waals surface area contributed by atoms with Gasteiger partial charge in [-0.3, -0.25) is 14.5 Å². The molecule has 2 fully saturated rings.